The van der Waals surface area contributed by atoms with E-state index in [-0.39, 0.29) is 0 Å². The zero-order valence-electron chi connectivity index (χ0n) is 10.4. The van der Waals surface area contributed by atoms with Gasteiger partial charge < -0.3 is 0 Å². The monoisotopic (exact) mass is 217 g/mol. The zero-order valence-corrected chi connectivity index (χ0v) is 10.4. The standard InChI is InChI=1S/C13H19N3/c1-5-10(4)12-15-11(9(2)3)13-14-7-6-8-16(12)13/h6-10H,5H2,1-4H3. The van der Waals surface area contributed by atoms with E-state index < -0.39 is 0 Å². The molecule has 0 saturated carbocycles. The first-order valence-electron chi connectivity index (χ1n) is 5.98. The maximum atomic E-state index is 4.76. The van der Waals surface area contributed by atoms with E-state index in [1.54, 1.807) is 0 Å². The van der Waals surface area contributed by atoms with Gasteiger partial charge in [-0.05, 0) is 18.4 Å². The second-order valence-corrected chi connectivity index (χ2v) is 4.63. The molecule has 86 valence electrons. The van der Waals surface area contributed by atoms with E-state index in [9.17, 15) is 0 Å². The fourth-order valence-corrected chi connectivity index (χ4v) is 1.89. The van der Waals surface area contributed by atoms with Crippen LogP contribution in [-0.4, -0.2) is 14.4 Å². The van der Waals surface area contributed by atoms with Crippen LogP contribution in [0.4, 0.5) is 0 Å². The second-order valence-electron chi connectivity index (χ2n) is 4.63. The molecule has 0 saturated heterocycles. The van der Waals surface area contributed by atoms with Crippen molar-refractivity contribution in [2.24, 2.45) is 0 Å². The summed E-state index contributed by atoms with van der Waals surface area (Å²) in [4.78, 5) is 9.20. The van der Waals surface area contributed by atoms with Crippen molar-refractivity contribution in [1.82, 2.24) is 14.4 Å². The molecule has 0 bridgehead atoms. The molecule has 16 heavy (non-hydrogen) atoms. The fraction of sp³-hybridized carbons (Fsp3) is 0.538. The summed E-state index contributed by atoms with van der Waals surface area (Å²) >= 11 is 0. The Morgan fingerprint density at radius 1 is 1.31 bits per heavy atom. The van der Waals surface area contributed by atoms with Crippen LogP contribution < -0.4 is 0 Å². The van der Waals surface area contributed by atoms with Gasteiger partial charge >= 0.3 is 0 Å². The molecule has 1 unspecified atom stereocenters. The third-order valence-electron chi connectivity index (χ3n) is 3.06. The lowest BCUT2D eigenvalue weighted by Crippen LogP contribution is -1.99. The number of hydrogen-bond donors (Lipinski definition) is 0. The molecule has 0 amide bonds. The number of rotatable bonds is 3. The van der Waals surface area contributed by atoms with E-state index >= 15 is 0 Å². The molecular weight excluding hydrogens is 198 g/mol. The predicted molar refractivity (Wildman–Crippen MR) is 65.8 cm³/mol. The van der Waals surface area contributed by atoms with Crippen LogP contribution in [0.2, 0.25) is 0 Å². The highest BCUT2D eigenvalue weighted by Crippen LogP contribution is 2.24. The molecule has 2 heterocycles. The SMILES string of the molecule is CCC(C)c1nc(C(C)C)c2ncccn12. The summed E-state index contributed by atoms with van der Waals surface area (Å²) in [7, 11) is 0. The van der Waals surface area contributed by atoms with Crippen molar-refractivity contribution in [3.8, 4) is 0 Å². The van der Waals surface area contributed by atoms with Crippen molar-refractivity contribution in [2.75, 3.05) is 0 Å². The first-order valence-corrected chi connectivity index (χ1v) is 5.98. The van der Waals surface area contributed by atoms with Crippen LogP contribution in [0, 0.1) is 0 Å². The minimum Gasteiger partial charge on any atom is -0.288 e. The van der Waals surface area contributed by atoms with E-state index in [4.69, 9.17) is 4.98 Å². The summed E-state index contributed by atoms with van der Waals surface area (Å²) in [5, 5.41) is 0. The summed E-state index contributed by atoms with van der Waals surface area (Å²) in [6.07, 6.45) is 5.00. The molecule has 0 fully saturated rings. The molecule has 0 aliphatic carbocycles. The molecule has 3 heteroatoms. The van der Waals surface area contributed by atoms with Crippen molar-refractivity contribution < 1.29 is 0 Å². The van der Waals surface area contributed by atoms with Gasteiger partial charge in [-0.15, -0.1) is 0 Å². The Morgan fingerprint density at radius 2 is 2.06 bits per heavy atom. The zero-order chi connectivity index (χ0) is 11.7. The van der Waals surface area contributed by atoms with Crippen LogP contribution in [0.5, 0.6) is 0 Å². The summed E-state index contributed by atoms with van der Waals surface area (Å²) in [5.41, 5.74) is 2.11. The molecule has 0 radical (unpaired) electrons. The van der Waals surface area contributed by atoms with Crippen LogP contribution in [0.15, 0.2) is 18.5 Å². The number of nitrogens with zero attached hydrogens (tertiary/aromatic N) is 3. The lowest BCUT2D eigenvalue weighted by Gasteiger charge is -2.06. The number of hydrogen-bond acceptors (Lipinski definition) is 2. The minimum absolute atomic E-state index is 0.419. The summed E-state index contributed by atoms with van der Waals surface area (Å²) in [5.74, 6) is 2.03. The third-order valence-corrected chi connectivity index (χ3v) is 3.06. The Balaban J connectivity index is 2.66. The van der Waals surface area contributed by atoms with Crippen molar-refractivity contribution in [3.63, 3.8) is 0 Å². The van der Waals surface area contributed by atoms with Gasteiger partial charge in [0.2, 0.25) is 0 Å². The van der Waals surface area contributed by atoms with E-state index in [1.165, 1.54) is 0 Å². The average molecular weight is 217 g/mol. The molecule has 0 N–H and O–H groups in total. The maximum Gasteiger partial charge on any atom is 0.160 e. The highest BCUT2D eigenvalue weighted by Gasteiger charge is 2.17. The Bertz CT molecular complexity index is 485. The molecule has 2 aromatic rings. The Labute approximate surface area is 96.5 Å². The molecule has 3 nitrogen and oxygen atoms in total. The molecule has 2 aromatic heterocycles. The average Bonchev–Trinajstić information content (AvgIpc) is 2.67. The second kappa shape index (κ2) is 4.24. The van der Waals surface area contributed by atoms with Crippen LogP contribution in [0.3, 0.4) is 0 Å². The normalized spacial score (nSPS) is 13.6. The molecular formula is C13H19N3. The smallest absolute Gasteiger partial charge is 0.160 e. The number of fused-ring (bicyclic) bond motifs is 1. The molecule has 0 aliphatic heterocycles. The third kappa shape index (κ3) is 1.70. The van der Waals surface area contributed by atoms with Gasteiger partial charge in [0.1, 0.15) is 5.82 Å². The van der Waals surface area contributed by atoms with Crippen molar-refractivity contribution in [3.05, 3.63) is 30.0 Å². The van der Waals surface area contributed by atoms with Crippen molar-refractivity contribution >= 4 is 5.65 Å². The summed E-state index contributed by atoms with van der Waals surface area (Å²) in [6.45, 7) is 8.73. The minimum atomic E-state index is 0.419. The highest BCUT2D eigenvalue weighted by molar-refractivity contribution is 5.47. The number of aromatic nitrogens is 3. The van der Waals surface area contributed by atoms with E-state index in [1.807, 2.05) is 12.3 Å². The highest BCUT2D eigenvalue weighted by atomic mass is 15.1. The van der Waals surface area contributed by atoms with Gasteiger partial charge in [-0.25, -0.2) is 9.97 Å². The Hall–Kier alpha value is -1.38. The van der Waals surface area contributed by atoms with E-state index in [0.717, 1.165) is 23.6 Å². The van der Waals surface area contributed by atoms with E-state index in [0.29, 0.717) is 11.8 Å². The Kier molecular flexibility index (Phi) is 2.95. The topological polar surface area (TPSA) is 30.2 Å². The quantitative estimate of drug-likeness (QED) is 0.789. The molecule has 0 spiro atoms. The van der Waals surface area contributed by atoms with Gasteiger partial charge in [-0.3, -0.25) is 4.40 Å². The van der Waals surface area contributed by atoms with Gasteiger partial charge in [0.25, 0.3) is 0 Å². The van der Waals surface area contributed by atoms with Crippen LogP contribution in [0.25, 0.3) is 5.65 Å². The van der Waals surface area contributed by atoms with Gasteiger partial charge in [0.15, 0.2) is 5.65 Å². The molecule has 1 atom stereocenters. The number of imidazole rings is 1. The van der Waals surface area contributed by atoms with Gasteiger partial charge in [-0.1, -0.05) is 27.7 Å². The van der Waals surface area contributed by atoms with Crippen LogP contribution >= 0.6 is 0 Å². The van der Waals surface area contributed by atoms with Crippen LogP contribution in [-0.2, 0) is 0 Å². The summed E-state index contributed by atoms with van der Waals surface area (Å²) < 4.78 is 2.13. The molecule has 2 rings (SSSR count). The lowest BCUT2D eigenvalue weighted by atomic mass is 10.1. The molecule has 0 aromatic carbocycles. The lowest BCUT2D eigenvalue weighted by molar-refractivity contribution is 0.670. The van der Waals surface area contributed by atoms with Gasteiger partial charge in [-0.2, -0.15) is 0 Å². The van der Waals surface area contributed by atoms with Gasteiger partial charge in [0.05, 0.1) is 5.69 Å². The maximum absolute atomic E-state index is 4.76. The van der Waals surface area contributed by atoms with Gasteiger partial charge in [0, 0.05) is 18.3 Å². The first-order chi connectivity index (χ1) is 7.65. The van der Waals surface area contributed by atoms with E-state index in [2.05, 4.69) is 43.3 Å². The van der Waals surface area contributed by atoms with Crippen molar-refractivity contribution in [2.45, 2.75) is 46.0 Å². The Morgan fingerprint density at radius 3 is 2.69 bits per heavy atom. The summed E-state index contributed by atoms with van der Waals surface area (Å²) in [6, 6.07) is 1.96. The van der Waals surface area contributed by atoms with Crippen molar-refractivity contribution in [1.29, 1.82) is 0 Å². The largest absolute Gasteiger partial charge is 0.288 e. The predicted octanol–water partition coefficient (Wildman–Crippen LogP) is 3.37. The van der Waals surface area contributed by atoms with Crippen LogP contribution in [0.1, 0.15) is 57.5 Å². The molecule has 0 aliphatic rings. The fourth-order valence-electron chi connectivity index (χ4n) is 1.89. The first kappa shape index (κ1) is 11.1.